The van der Waals surface area contributed by atoms with Crippen molar-refractivity contribution in [1.82, 2.24) is 4.72 Å². The first kappa shape index (κ1) is 24.2. The summed E-state index contributed by atoms with van der Waals surface area (Å²) >= 11 is 0. The van der Waals surface area contributed by atoms with Gasteiger partial charge in [-0.25, -0.2) is 17.9 Å². The number of esters is 1. The first-order chi connectivity index (χ1) is 14.7. The fourth-order valence-corrected chi connectivity index (χ4v) is 3.88. The van der Waals surface area contributed by atoms with Gasteiger partial charge in [-0.15, -0.1) is 0 Å². The lowest BCUT2D eigenvalue weighted by molar-refractivity contribution is -0.116. The maximum absolute atomic E-state index is 12.5. The summed E-state index contributed by atoms with van der Waals surface area (Å²) in [5.41, 5.74) is 1.17. The third kappa shape index (κ3) is 6.19. The van der Waals surface area contributed by atoms with Crippen LogP contribution in [-0.2, 0) is 26.0 Å². The van der Waals surface area contributed by atoms with Gasteiger partial charge in [0.25, 0.3) is 0 Å². The van der Waals surface area contributed by atoms with Gasteiger partial charge in [0, 0.05) is 25.1 Å². The van der Waals surface area contributed by atoms with Crippen molar-refractivity contribution in [3.63, 3.8) is 0 Å². The Morgan fingerprint density at radius 1 is 0.968 bits per heavy atom. The van der Waals surface area contributed by atoms with E-state index in [1.54, 1.807) is 19.1 Å². The summed E-state index contributed by atoms with van der Waals surface area (Å²) in [7, 11) is 0.601. The van der Waals surface area contributed by atoms with Crippen LogP contribution in [0.3, 0.4) is 0 Å². The van der Waals surface area contributed by atoms with Gasteiger partial charge < -0.3 is 19.5 Å². The Labute approximate surface area is 181 Å². The molecule has 2 N–H and O–H groups in total. The van der Waals surface area contributed by atoms with Gasteiger partial charge >= 0.3 is 5.97 Å². The maximum Gasteiger partial charge on any atom is 0.340 e. The van der Waals surface area contributed by atoms with Crippen molar-refractivity contribution in [2.24, 2.45) is 0 Å². The fraction of sp³-hybridized carbons (Fsp3) is 0.333. The zero-order valence-corrected chi connectivity index (χ0v) is 18.7. The van der Waals surface area contributed by atoms with Crippen molar-refractivity contribution in [2.75, 3.05) is 33.2 Å². The van der Waals surface area contributed by atoms with Gasteiger partial charge in [-0.05, 0) is 24.1 Å². The number of sulfonamides is 1. The lowest BCUT2D eigenvalue weighted by atomic mass is 10.1. The Kier molecular flexibility index (Phi) is 8.40. The molecule has 10 heteroatoms. The molecule has 0 unspecified atom stereocenters. The molecule has 9 nitrogen and oxygen atoms in total. The largest absolute Gasteiger partial charge is 0.493 e. The highest BCUT2D eigenvalue weighted by Crippen LogP contribution is 2.33. The summed E-state index contributed by atoms with van der Waals surface area (Å²) in [6.45, 7) is 2.00. The first-order valence-electron chi connectivity index (χ1n) is 9.48. The molecule has 0 bridgehead atoms. The molecule has 0 aliphatic carbocycles. The highest BCUT2D eigenvalue weighted by atomic mass is 32.2. The van der Waals surface area contributed by atoms with Gasteiger partial charge in [0.05, 0.1) is 37.5 Å². The predicted molar refractivity (Wildman–Crippen MR) is 115 cm³/mol. The average molecular weight is 451 g/mol. The number of rotatable bonds is 10. The molecule has 168 valence electrons. The molecule has 0 saturated carbocycles. The second kappa shape index (κ2) is 10.8. The second-order valence-electron chi connectivity index (χ2n) is 6.44. The van der Waals surface area contributed by atoms with E-state index < -0.39 is 16.0 Å². The smallest absolute Gasteiger partial charge is 0.340 e. The summed E-state index contributed by atoms with van der Waals surface area (Å²) in [5.74, 6) is -0.285. The predicted octanol–water partition coefficient (Wildman–Crippen LogP) is 2.36. The molecular weight excluding hydrogens is 424 g/mol. The topological polar surface area (TPSA) is 120 Å². The van der Waals surface area contributed by atoms with E-state index in [0.717, 1.165) is 5.56 Å². The molecule has 0 heterocycles. The number of carbonyl (C=O) groups excluding carboxylic acids is 2. The molecule has 2 rings (SSSR count). The normalized spacial score (nSPS) is 11.0. The molecule has 0 aromatic heterocycles. The lowest BCUT2D eigenvalue weighted by Crippen LogP contribution is -2.23. The van der Waals surface area contributed by atoms with Gasteiger partial charge in [0.2, 0.25) is 15.9 Å². The average Bonchev–Trinajstić information content (AvgIpc) is 2.77. The van der Waals surface area contributed by atoms with E-state index in [4.69, 9.17) is 14.2 Å². The van der Waals surface area contributed by atoms with Crippen LogP contribution in [0.2, 0.25) is 0 Å². The van der Waals surface area contributed by atoms with Crippen LogP contribution in [0.4, 0.5) is 5.69 Å². The Morgan fingerprint density at radius 3 is 2.13 bits per heavy atom. The SMILES string of the molecule is CCNS(=O)(=O)c1ccc(CCC(=O)Nc2cc(OC)c(OC)cc2C(=O)OC)cc1. The quantitative estimate of drug-likeness (QED) is 0.533. The third-order valence-electron chi connectivity index (χ3n) is 4.41. The number of aryl methyl sites for hydroxylation is 1. The van der Waals surface area contributed by atoms with Crippen molar-refractivity contribution in [2.45, 2.75) is 24.7 Å². The van der Waals surface area contributed by atoms with Crippen LogP contribution in [0, 0.1) is 0 Å². The van der Waals surface area contributed by atoms with Crippen molar-refractivity contribution in [1.29, 1.82) is 0 Å². The Hall–Kier alpha value is -3.11. The van der Waals surface area contributed by atoms with Gasteiger partial charge in [-0.2, -0.15) is 0 Å². The van der Waals surface area contributed by atoms with E-state index in [2.05, 4.69) is 10.0 Å². The molecule has 0 fully saturated rings. The Bertz CT molecular complexity index is 1030. The summed E-state index contributed by atoms with van der Waals surface area (Å²) in [5, 5.41) is 2.69. The minimum Gasteiger partial charge on any atom is -0.493 e. The first-order valence-corrected chi connectivity index (χ1v) is 11.0. The number of hydrogen-bond acceptors (Lipinski definition) is 7. The molecular formula is C21H26N2O7S. The van der Waals surface area contributed by atoms with Crippen molar-refractivity contribution >= 4 is 27.6 Å². The molecule has 0 aliphatic rings. The summed E-state index contributed by atoms with van der Waals surface area (Å²) in [4.78, 5) is 24.7. The van der Waals surface area contributed by atoms with E-state index >= 15 is 0 Å². The number of methoxy groups -OCH3 is 3. The minimum absolute atomic E-state index is 0.119. The molecule has 2 aromatic rings. The van der Waals surface area contributed by atoms with E-state index in [0.29, 0.717) is 24.5 Å². The number of carbonyl (C=O) groups is 2. The number of benzene rings is 2. The number of nitrogens with one attached hydrogen (secondary N) is 2. The van der Waals surface area contributed by atoms with E-state index in [9.17, 15) is 18.0 Å². The van der Waals surface area contributed by atoms with Gasteiger partial charge in [0.15, 0.2) is 11.5 Å². The molecule has 0 atom stereocenters. The summed E-state index contributed by atoms with van der Waals surface area (Å²) in [6.07, 6.45) is 0.502. The molecule has 31 heavy (non-hydrogen) atoms. The number of anilines is 1. The Morgan fingerprint density at radius 2 is 1.58 bits per heavy atom. The van der Waals surface area contributed by atoms with E-state index in [1.165, 1.54) is 45.6 Å². The van der Waals surface area contributed by atoms with Crippen molar-refractivity contribution in [3.8, 4) is 11.5 Å². The zero-order chi connectivity index (χ0) is 23.0. The fourth-order valence-electron chi connectivity index (χ4n) is 2.84. The van der Waals surface area contributed by atoms with Crippen molar-refractivity contribution < 1.29 is 32.2 Å². The second-order valence-corrected chi connectivity index (χ2v) is 8.20. The lowest BCUT2D eigenvalue weighted by Gasteiger charge is -2.14. The monoisotopic (exact) mass is 450 g/mol. The molecule has 0 aliphatic heterocycles. The summed E-state index contributed by atoms with van der Waals surface area (Å²) < 4.78 is 41.6. The molecule has 0 radical (unpaired) electrons. The van der Waals surface area contributed by atoms with Crippen LogP contribution in [0.15, 0.2) is 41.3 Å². The van der Waals surface area contributed by atoms with Crippen LogP contribution in [0.5, 0.6) is 11.5 Å². The highest BCUT2D eigenvalue weighted by molar-refractivity contribution is 7.89. The highest BCUT2D eigenvalue weighted by Gasteiger charge is 2.19. The molecule has 0 spiro atoms. The van der Waals surface area contributed by atoms with Gasteiger partial charge in [0.1, 0.15) is 0 Å². The van der Waals surface area contributed by atoms with Crippen LogP contribution >= 0.6 is 0 Å². The molecule has 2 aromatic carbocycles. The number of amides is 1. The van der Waals surface area contributed by atoms with Crippen molar-refractivity contribution in [3.05, 3.63) is 47.5 Å². The van der Waals surface area contributed by atoms with Gasteiger partial charge in [-0.1, -0.05) is 19.1 Å². The third-order valence-corrected chi connectivity index (χ3v) is 5.97. The van der Waals surface area contributed by atoms with Crippen LogP contribution in [0.1, 0.15) is 29.3 Å². The molecule has 1 amide bonds. The minimum atomic E-state index is -3.52. The summed E-state index contributed by atoms with van der Waals surface area (Å²) in [6, 6.07) is 9.23. The number of hydrogen-bond donors (Lipinski definition) is 2. The van der Waals surface area contributed by atoms with Crippen LogP contribution < -0.4 is 19.5 Å². The Balaban J connectivity index is 2.11. The van der Waals surface area contributed by atoms with E-state index in [-0.39, 0.29) is 28.5 Å². The standard InChI is InChI=1S/C21H26N2O7S/c1-5-22-31(26,27)15-9-6-14(7-10-15)8-11-20(24)23-17-13-19(29-3)18(28-2)12-16(17)21(25)30-4/h6-7,9-10,12-13,22H,5,8,11H2,1-4H3,(H,23,24). The number of ether oxygens (including phenoxy) is 3. The van der Waals surface area contributed by atoms with E-state index in [1.807, 2.05) is 0 Å². The van der Waals surface area contributed by atoms with Crippen LogP contribution in [-0.4, -0.2) is 48.2 Å². The maximum atomic E-state index is 12.5. The van der Waals surface area contributed by atoms with Crippen LogP contribution in [0.25, 0.3) is 0 Å². The zero-order valence-electron chi connectivity index (χ0n) is 17.9. The molecule has 0 saturated heterocycles. The van der Waals surface area contributed by atoms with Gasteiger partial charge in [-0.3, -0.25) is 4.79 Å².